The molecular formula is C47H27N3O3S. The van der Waals surface area contributed by atoms with Gasteiger partial charge in [0.25, 0.3) is 0 Å². The lowest BCUT2D eigenvalue weighted by molar-refractivity contribution is 0.0979. The summed E-state index contributed by atoms with van der Waals surface area (Å²) in [4.78, 5) is 38.4. The zero-order valence-corrected chi connectivity index (χ0v) is 29.4. The molecule has 2 aliphatic rings. The van der Waals surface area contributed by atoms with Crippen LogP contribution in [0.1, 0.15) is 54.7 Å². The van der Waals surface area contributed by atoms with Crippen LogP contribution in [0.15, 0.2) is 166 Å². The number of hydrogen-bond donors (Lipinski definition) is 1. The van der Waals surface area contributed by atoms with E-state index >= 15 is 0 Å². The Hall–Kier alpha value is -6.96. The van der Waals surface area contributed by atoms with Crippen LogP contribution in [0.4, 0.5) is 0 Å². The highest BCUT2D eigenvalue weighted by Gasteiger charge is 2.32. The highest BCUT2D eigenvalue weighted by atomic mass is 32.1. The molecule has 1 aliphatic carbocycles. The molecule has 9 aromatic rings. The van der Waals surface area contributed by atoms with Gasteiger partial charge < -0.3 is 9.73 Å². The van der Waals surface area contributed by atoms with E-state index in [4.69, 9.17) is 14.4 Å². The lowest BCUT2D eigenvalue weighted by Crippen LogP contribution is -2.34. The first-order valence-corrected chi connectivity index (χ1v) is 18.6. The van der Waals surface area contributed by atoms with Crippen molar-refractivity contribution in [2.75, 3.05) is 0 Å². The molecule has 0 spiro atoms. The summed E-state index contributed by atoms with van der Waals surface area (Å²) in [5.74, 6) is 0.800. The fraction of sp³-hybridized carbons (Fsp3) is 0.0213. The van der Waals surface area contributed by atoms with Crippen LogP contribution < -0.4 is 5.32 Å². The molecule has 6 nitrogen and oxygen atoms in total. The Labute approximate surface area is 312 Å². The number of hydrogen-bond acceptors (Lipinski definition) is 7. The number of para-hydroxylation sites is 1. The molecule has 1 unspecified atom stereocenters. The van der Waals surface area contributed by atoms with E-state index in [-0.39, 0.29) is 17.7 Å². The topological polar surface area (TPSA) is 84.0 Å². The van der Waals surface area contributed by atoms with Gasteiger partial charge in [-0.15, -0.1) is 11.3 Å². The van der Waals surface area contributed by atoms with Crippen molar-refractivity contribution in [3.05, 3.63) is 191 Å². The van der Waals surface area contributed by atoms with Crippen LogP contribution in [0.3, 0.4) is 0 Å². The Morgan fingerprint density at radius 2 is 1.20 bits per heavy atom. The largest absolute Gasteiger partial charge is 0.455 e. The molecule has 0 saturated carbocycles. The zero-order chi connectivity index (χ0) is 35.9. The summed E-state index contributed by atoms with van der Waals surface area (Å²) in [5.41, 5.74) is 7.67. The third-order valence-electron chi connectivity index (χ3n) is 10.5. The molecule has 0 fully saturated rings. The van der Waals surface area contributed by atoms with Gasteiger partial charge in [-0.05, 0) is 53.6 Å². The van der Waals surface area contributed by atoms with Crippen LogP contribution in [0, 0.1) is 0 Å². The van der Waals surface area contributed by atoms with Crippen molar-refractivity contribution in [1.29, 1.82) is 0 Å². The molecule has 0 saturated heterocycles. The molecule has 7 heteroatoms. The lowest BCUT2D eigenvalue weighted by Gasteiger charge is -2.25. The van der Waals surface area contributed by atoms with Crippen LogP contribution in [0.25, 0.3) is 53.2 Å². The monoisotopic (exact) mass is 713 g/mol. The van der Waals surface area contributed by atoms with Gasteiger partial charge in [-0.1, -0.05) is 109 Å². The number of benzene rings is 7. The second kappa shape index (κ2) is 11.8. The molecule has 254 valence electrons. The minimum atomic E-state index is -0.381. The van der Waals surface area contributed by atoms with Gasteiger partial charge in [0.1, 0.15) is 23.2 Å². The number of amidine groups is 2. The fourth-order valence-corrected chi connectivity index (χ4v) is 9.10. The van der Waals surface area contributed by atoms with Gasteiger partial charge in [-0.25, -0.2) is 9.98 Å². The van der Waals surface area contributed by atoms with Gasteiger partial charge in [0.2, 0.25) is 0 Å². The average molecular weight is 714 g/mol. The number of nitrogens with zero attached hydrogens (tertiary/aromatic N) is 2. The molecule has 3 heterocycles. The number of thiophene rings is 1. The van der Waals surface area contributed by atoms with Crippen molar-refractivity contribution in [3.63, 3.8) is 0 Å². The molecule has 11 rings (SSSR count). The first-order chi connectivity index (χ1) is 26.6. The van der Waals surface area contributed by atoms with Gasteiger partial charge in [-0.2, -0.15) is 0 Å². The number of ketones is 2. The quantitative estimate of drug-likeness (QED) is 0.197. The average Bonchev–Trinajstić information content (AvgIpc) is 3.81. The molecule has 1 atom stereocenters. The summed E-state index contributed by atoms with van der Waals surface area (Å²) in [6.07, 6.45) is -0.381. The minimum absolute atomic E-state index is 0.178. The van der Waals surface area contributed by atoms with E-state index in [1.807, 2.05) is 103 Å². The SMILES string of the molecule is O=C1c2ccc(-c3cc4c5ccccc5oc4c4c3sc3ccccc34)cc2C(=O)c2ccc(C3=NC(c4ccccc4)=NC(c4ccccc4)N3)cc21. The molecule has 7 aromatic carbocycles. The maximum absolute atomic E-state index is 14.3. The number of carbonyl (C=O) groups excluding carboxylic acids is 2. The van der Waals surface area contributed by atoms with Crippen LogP contribution in [-0.4, -0.2) is 23.2 Å². The summed E-state index contributed by atoms with van der Waals surface area (Å²) in [7, 11) is 0. The van der Waals surface area contributed by atoms with Crippen LogP contribution in [-0.2, 0) is 0 Å². The first-order valence-electron chi connectivity index (χ1n) is 17.8. The van der Waals surface area contributed by atoms with Crippen molar-refractivity contribution < 1.29 is 14.0 Å². The third kappa shape index (κ3) is 4.65. The summed E-state index contributed by atoms with van der Waals surface area (Å²) >= 11 is 1.71. The van der Waals surface area contributed by atoms with Gasteiger partial charge >= 0.3 is 0 Å². The second-order valence-electron chi connectivity index (χ2n) is 13.6. The van der Waals surface area contributed by atoms with E-state index in [9.17, 15) is 9.59 Å². The van der Waals surface area contributed by atoms with Crippen LogP contribution in [0.5, 0.6) is 0 Å². The van der Waals surface area contributed by atoms with E-state index < -0.39 is 0 Å². The van der Waals surface area contributed by atoms with E-state index in [2.05, 4.69) is 35.6 Å². The molecule has 0 amide bonds. The Kier molecular flexibility index (Phi) is 6.69. The summed E-state index contributed by atoms with van der Waals surface area (Å²) in [5, 5.41) is 7.72. The van der Waals surface area contributed by atoms with Crippen LogP contribution in [0.2, 0.25) is 0 Å². The highest BCUT2D eigenvalue weighted by Crippen LogP contribution is 2.47. The zero-order valence-electron chi connectivity index (χ0n) is 28.5. The summed E-state index contributed by atoms with van der Waals surface area (Å²) in [6.45, 7) is 0. The first kappa shape index (κ1) is 30.6. The van der Waals surface area contributed by atoms with Crippen molar-refractivity contribution in [2.24, 2.45) is 9.98 Å². The Morgan fingerprint density at radius 1 is 0.556 bits per heavy atom. The summed E-state index contributed by atoms with van der Waals surface area (Å²) < 4.78 is 8.72. The fourth-order valence-electron chi connectivity index (χ4n) is 7.86. The molecular weight excluding hydrogens is 687 g/mol. The molecule has 1 aliphatic heterocycles. The molecule has 0 radical (unpaired) electrons. The van der Waals surface area contributed by atoms with Crippen molar-refractivity contribution in [2.45, 2.75) is 6.17 Å². The number of rotatable bonds is 4. The van der Waals surface area contributed by atoms with Gasteiger partial charge in [-0.3, -0.25) is 9.59 Å². The Morgan fingerprint density at radius 3 is 1.98 bits per heavy atom. The molecule has 1 N–H and O–H groups in total. The summed E-state index contributed by atoms with van der Waals surface area (Å²) in [6, 6.07) is 49.5. The van der Waals surface area contributed by atoms with Gasteiger partial charge in [0.15, 0.2) is 17.4 Å². The Balaban J connectivity index is 1.02. The number of fused-ring (bicyclic) bond motifs is 9. The molecule has 2 aromatic heterocycles. The number of furan rings is 1. The normalized spacial score (nSPS) is 15.3. The van der Waals surface area contributed by atoms with E-state index in [1.165, 1.54) is 0 Å². The standard InChI is InChI=1S/C47H27N3O3S/c51-41-32-22-20-29(47-49-45(26-11-3-1-4-12-26)48-46(50-47)27-13-5-2-6-14-27)24-36(32)42(52)31-21-19-28(23-35(31)41)34-25-37-30-15-7-9-17-38(30)53-43(37)40-33-16-8-10-18-39(33)54-44(34)40/h1-25,45H,(H,48,49,50). The van der Waals surface area contributed by atoms with Crippen molar-refractivity contribution >= 4 is 76.7 Å². The maximum Gasteiger partial charge on any atom is 0.194 e. The van der Waals surface area contributed by atoms with Gasteiger partial charge in [0.05, 0.1) is 0 Å². The highest BCUT2D eigenvalue weighted by molar-refractivity contribution is 7.26. The lowest BCUT2D eigenvalue weighted by atomic mass is 9.82. The van der Waals surface area contributed by atoms with Crippen molar-refractivity contribution in [3.8, 4) is 11.1 Å². The smallest absolute Gasteiger partial charge is 0.194 e. The van der Waals surface area contributed by atoms with Crippen molar-refractivity contribution in [1.82, 2.24) is 5.32 Å². The predicted molar refractivity (Wildman–Crippen MR) is 217 cm³/mol. The number of carbonyl (C=O) groups is 2. The van der Waals surface area contributed by atoms with E-state index in [1.54, 1.807) is 29.5 Å². The van der Waals surface area contributed by atoms with E-state index in [0.717, 1.165) is 64.4 Å². The minimum Gasteiger partial charge on any atom is -0.455 e. The molecule has 0 bridgehead atoms. The molecule has 54 heavy (non-hydrogen) atoms. The second-order valence-corrected chi connectivity index (χ2v) is 14.7. The van der Waals surface area contributed by atoms with Crippen LogP contribution >= 0.6 is 11.3 Å². The predicted octanol–water partition coefficient (Wildman–Crippen LogP) is 10.9. The van der Waals surface area contributed by atoms with Gasteiger partial charge in [0, 0.05) is 69.9 Å². The third-order valence-corrected chi connectivity index (χ3v) is 11.7. The number of aliphatic imine (C=N–C) groups is 2. The number of nitrogens with one attached hydrogen (secondary N) is 1. The maximum atomic E-state index is 14.3. The Bertz CT molecular complexity index is 3120. The van der Waals surface area contributed by atoms with E-state index in [0.29, 0.717) is 39.5 Å².